The zero-order chi connectivity index (χ0) is 41.8. The molecule has 0 heterocycles. The van der Waals surface area contributed by atoms with E-state index >= 15 is 0 Å². The van der Waals surface area contributed by atoms with Crippen molar-refractivity contribution in [1.29, 1.82) is 0 Å². The van der Waals surface area contributed by atoms with Crippen LogP contribution >= 0.6 is 0 Å². The molecule has 2 heteroatoms. The maximum Gasteiger partial charge on any atom is 0.0468 e. The standard InChI is InChI=1S/C52H48N2.C7H8/c1-3-5-18-39-20-16-28-46(34-39)53(44-24-12-8-13-25-44)48-32-33-50-43(37-48)36-42-30-31-49(38-51(42)52(50)41-22-10-7-11-23-41)54(45-26-14-9-15-27-45)47-29-17-21-40(35-47)19-6-4-2;1-7-5-3-2-4-6-7/h7-17,20-38H,3-6,18-19H2,1-2H3;2-6H,1H3. The highest BCUT2D eigenvalue weighted by molar-refractivity contribution is 6.14. The Morgan fingerprint density at radius 2 is 0.803 bits per heavy atom. The van der Waals surface area contributed by atoms with Crippen LogP contribution in [0.15, 0.2) is 212 Å². The predicted octanol–water partition coefficient (Wildman–Crippen LogP) is 17.3. The van der Waals surface area contributed by atoms with Crippen molar-refractivity contribution in [2.45, 2.75) is 59.3 Å². The van der Waals surface area contributed by atoms with Gasteiger partial charge in [-0.05, 0) is 155 Å². The molecular formula is C59H56N2. The Morgan fingerprint density at radius 3 is 1.31 bits per heavy atom. The van der Waals surface area contributed by atoms with E-state index in [1.165, 1.54) is 86.4 Å². The van der Waals surface area contributed by atoms with Crippen LogP contribution in [0.25, 0.3) is 32.7 Å². The Morgan fingerprint density at radius 1 is 0.344 bits per heavy atom. The summed E-state index contributed by atoms with van der Waals surface area (Å²) in [6, 6.07) is 77.2. The van der Waals surface area contributed by atoms with Gasteiger partial charge in [-0.1, -0.05) is 166 Å². The first-order valence-corrected chi connectivity index (χ1v) is 22.1. The molecule has 0 spiro atoms. The third-order valence-corrected chi connectivity index (χ3v) is 11.4. The lowest BCUT2D eigenvalue weighted by Crippen LogP contribution is -2.10. The van der Waals surface area contributed by atoms with Gasteiger partial charge in [0.25, 0.3) is 0 Å². The Hall–Kier alpha value is -6.90. The SMILES string of the molecule is CCCCc1cccc(N(c2ccccc2)c2ccc3c(-c4ccccc4)c4cc(N(c5ccccc5)c5cccc(CCCC)c5)ccc4cc3c2)c1.Cc1ccccc1. The molecule has 0 aliphatic heterocycles. The van der Waals surface area contributed by atoms with Gasteiger partial charge < -0.3 is 9.80 Å². The number of rotatable bonds is 13. The number of nitrogens with zero attached hydrogens (tertiary/aromatic N) is 2. The van der Waals surface area contributed by atoms with Crippen LogP contribution < -0.4 is 9.80 Å². The van der Waals surface area contributed by atoms with E-state index in [0.29, 0.717) is 0 Å². The van der Waals surface area contributed by atoms with Crippen LogP contribution in [0.2, 0.25) is 0 Å². The Kier molecular flexibility index (Phi) is 13.3. The summed E-state index contributed by atoms with van der Waals surface area (Å²) in [4.78, 5) is 4.81. The van der Waals surface area contributed by atoms with E-state index in [9.17, 15) is 0 Å². The first-order valence-electron chi connectivity index (χ1n) is 22.1. The summed E-state index contributed by atoms with van der Waals surface area (Å²) in [7, 11) is 0. The van der Waals surface area contributed by atoms with E-state index in [4.69, 9.17) is 0 Å². The lowest BCUT2D eigenvalue weighted by molar-refractivity contribution is 0.795. The minimum Gasteiger partial charge on any atom is -0.310 e. The van der Waals surface area contributed by atoms with Crippen molar-refractivity contribution in [1.82, 2.24) is 0 Å². The molecule has 2 nitrogen and oxygen atoms in total. The van der Waals surface area contributed by atoms with Gasteiger partial charge in [0.2, 0.25) is 0 Å². The first-order chi connectivity index (χ1) is 30.1. The van der Waals surface area contributed by atoms with Crippen molar-refractivity contribution in [3.8, 4) is 11.1 Å². The quantitative estimate of drug-likeness (QED) is 0.107. The van der Waals surface area contributed by atoms with Crippen molar-refractivity contribution in [3.63, 3.8) is 0 Å². The highest BCUT2D eigenvalue weighted by Crippen LogP contribution is 2.44. The van der Waals surface area contributed by atoms with Gasteiger partial charge >= 0.3 is 0 Å². The molecule has 61 heavy (non-hydrogen) atoms. The highest BCUT2D eigenvalue weighted by atomic mass is 15.1. The van der Waals surface area contributed by atoms with E-state index < -0.39 is 0 Å². The molecular weight excluding hydrogens is 737 g/mol. The number of aryl methyl sites for hydroxylation is 3. The van der Waals surface area contributed by atoms with Crippen molar-refractivity contribution < 1.29 is 0 Å². The van der Waals surface area contributed by atoms with E-state index in [2.05, 4.69) is 225 Å². The molecule has 0 saturated carbocycles. The monoisotopic (exact) mass is 792 g/mol. The number of para-hydroxylation sites is 2. The summed E-state index contributed by atoms with van der Waals surface area (Å²) in [5.74, 6) is 0. The maximum absolute atomic E-state index is 2.41. The molecule has 0 saturated heterocycles. The summed E-state index contributed by atoms with van der Waals surface area (Å²) in [6.45, 7) is 6.60. The summed E-state index contributed by atoms with van der Waals surface area (Å²) in [5, 5.41) is 4.93. The molecule has 0 unspecified atom stereocenters. The number of benzene rings is 9. The third kappa shape index (κ3) is 9.77. The lowest BCUT2D eigenvalue weighted by Gasteiger charge is -2.27. The van der Waals surface area contributed by atoms with Gasteiger partial charge in [-0.3, -0.25) is 0 Å². The fraction of sp³-hybridized carbons (Fsp3) is 0.153. The fourth-order valence-electron chi connectivity index (χ4n) is 8.34. The van der Waals surface area contributed by atoms with Crippen LogP contribution in [0.4, 0.5) is 34.1 Å². The molecule has 0 radical (unpaired) electrons. The van der Waals surface area contributed by atoms with Gasteiger partial charge in [0.05, 0.1) is 0 Å². The second kappa shape index (κ2) is 19.9. The molecule has 0 amide bonds. The molecule has 0 aliphatic carbocycles. The lowest BCUT2D eigenvalue weighted by atomic mass is 9.91. The Balaban J connectivity index is 0.000000668. The van der Waals surface area contributed by atoms with Crippen molar-refractivity contribution in [2.75, 3.05) is 9.80 Å². The van der Waals surface area contributed by atoms with Crippen LogP contribution in [0.3, 0.4) is 0 Å². The number of fused-ring (bicyclic) bond motifs is 2. The zero-order valence-electron chi connectivity index (χ0n) is 35.8. The molecule has 9 rings (SSSR count). The van der Waals surface area contributed by atoms with Crippen LogP contribution in [-0.2, 0) is 12.8 Å². The molecule has 0 bridgehead atoms. The topological polar surface area (TPSA) is 6.48 Å². The fourth-order valence-corrected chi connectivity index (χ4v) is 8.34. The van der Waals surface area contributed by atoms with Crippen LogP contribution in [0, 0.1) is 6.92 Å². The predicted molar refractivity (Wildman–Crippen MR) is 265 cm³/mol. The summed E-state index contributed by atoms with van der Waals surface area (Å²) in [6.07, 6.45) is 6.93. The first kappa shape index (κ1) is 40.9. The highest BCUT2D eigenvalue weighted by Gasteiger charge is 2.19. The summed E-state index contributed by atoms with van der Waals surface area (Å²) >= 11 is 0. The Bertz CT molecular complexity index is 2780. The van der Waals surface area contributed by atoms with E-state index in [0.717, 1.165) is 35.6 Å². The average Bonchev–Trinajstić information content (AvgIpc) is 3.31. The summed E-state index contributed by atoms with van der Waals surface area (Å²) < 4.78 is 0. The van der Waals surface area contributed by atoms with E-state index in [1.54, 1.807) is 0 Å². The summed E-state index contributed by atoms with van der Waals surface area (Å²) in [5.41, 5.74) is 13.5. The van der Waals surface area contributed by atoms with Gasteiger partial charge in [0, 0.05) is 34.1 Å². The zero-order valence-corrected chi connectivity index (χ0v) is 35.8. The van der Waals surface area contributed by atoms with Crippen molar-refractivity contribution in [2.24, 2.45) is 0 Å². The van der Waals surface area contributed by atoms with Gasteiger partial charge in [-0.25, -0.2) is 0 Å². The molecule has 0 fully saturated rings. The number of anilines is 6. The van der Waals surface area contributed by atoms with Crippen molar-refractivity contribution in [3.05, 3.63) is 229 Å². The second-order valence-electron chi connectivity index (χ2n) is 16.0. The minimum atomic E-state index is 1.09. The average molecular weight is 793 g/mol. The van der Waals surface area contributed by atoms with E-state index in [-0.39, 0.29) is 0 Å². The van der Waals surface area contributed by atoms with Gasteiger partial charge in [-0.2, -0.15) is 0 Å². The van der Waals surface area contributed by atoms with Crippen LogP contribution in [0.1, 0.15) is 56.2 Å². The molecule has 0 atom stereocenters. The molecule has 0 aliphatic rings. The second-order valence-corrected chi connectivity index (χ2v) is 16.0. The third-order valence-electron chi connectivity index (χ3n) is 11.4. The number of hydrogen-bond acceptors (Lipinski definition) is 2. The molecule has 9 aromatic carbocycles. The maximum atomic E-state index is 2.41. The van der Waals surface area contributed by atoms with Crippen LogP contribution in [-0.4, -0.2) is 0 Å². The van der Waals surface area contributed by atoms with Gasteiger partial charge in [0.1, 0.15) is 0 Å². The van der Waals surface area contributed by atoms with Crippen molar-refractivity contribution >= 4 is 55.7 Å². The molecule has 9 aromatic rings. The molecule has 0 N–H and O–H groups in total. The number of unbranched alkanes of at least 4 members (excludes halogenated alkanes) is 2. The molecule has 302 valence electrons. The normalized spacial score (nSPS) is 10.9. The smallest absolute Gasteiger partial charge is 0.0468 e. The minimum absolute atomic E-state index is 1.09. The number of hydrogen-bond donors (Lipinski definition) is 0. The van der Waals surface area contributed by atoms with Gasteiger partial charge in [-0.15, -0.1) is 0 Å². The molecule has 0 aromatic heterocycles. The largest absolute Gasteiger partial charge is 0.310 e. The van der Waals surface area contributed by atoms with E-state index in [1.807, 2.05) is 18.2 Å². The Labute approximate surface area is 363 Å². The van der Waals surface area contributed by atoms with Crippen LogP contribution in [0.5, 0.6) is 0 Å². The van der Waals surface area contributed by atoms with Gasteiger partial charge in [0.15, 0.2) is 0 Å².